The first-order chi connectivity index (χ1) is 18.9. The Morgan fingerprint density at radius 2 is 1.93 bits per heavy atom. The van der Waals surface area contributed by atoms with Crippen molar-refractivity contribution in [2.24, 2.45) is 17.8 Å². The smallest absolute Gasteiger partial charge is 0.312 e. The largest absolute Gasteiger partial charge is 0.465 e. The third kappa shape index (κ3) is 4.69. The van der Waals surface area contributed by atoms with Crippen LogP contribution >= 0.6 is 0 Å². The quantitative estimate of drug-likeness (QED) is 0.253. The van der Waals surface area contributed by atoms with Crippen LogP contribution in [0.3, 0.4) is 0 Å². The van der Waals surface area contributed by atoms with Crippen LogP contribution in [0.2, 0.25) is 0 Å². The number of carbonyl (C=O) groups excluding carboxylic acids is 3. The van der Waals surface area contributed by atoms with E-state index in [0.29, 0.717) is 24.8 Å². The summed E-state index contributed by atoms with van der Waals surface area (Å²) in [5.74, 6) is -3.01. The van der Waals surface area contributed by atoms with Crippen LogP contribution in [0.15, 0.2) is 55.6 Å². The Hall–Kier alpha value is -2.97. The van der Waals surface area contributed by atoms with E-state index in [4.69, 9.17) is 9.47 Å². The van der Waals surface area contributed by atoms with Gasteiger partial charge in [0.1, 0.15) is 17.6 Å². The third-order valence-corrected chi connectivity index (χ3v) is 9.12. The molecule has 1 aromatic rings. The summed E-state index contributed by atoms with van der Waals surface area (Å²) in [6.45, 7) is 17.4. The molecule has 1 spiro atoms. The van der Waals surface area contributed by atoms with E-state index in [1.54, 1.807) is 17.1 Å². The molecule has 3 aliphatic rings. The number of unbranched alkanes of at least 4 members (excludes halogenated alkanes) is 1. The fourth-order valence-corrected chi connectivity index (χ4v) is 7.14. The Morgan fingerprint density at radius 1 is 1.25 bits per heavy atom. The van der Waals surface area contributed by atoms with E-state index >= 15 is 0 Å². The van der Waals surface area contributed by atoms with E-state index in [1.165, 1.54) is 4.90 Å². The monoisotopic (exact) mass is 552 g/mol. The molecule has 2 bridgehead atoms. The molecule has 8 nitrogen and oxygen atoms in total. The average Bonchev–Trinajstić information content (AvgIpc) is 3.42. The number of aliphatic hydroxyl groups is 1. The highest BCUT2D eigenvalue weighted by atomic mass is 16.6. The van der Waals surface area contributed by atoms with Crippen molar-refractivity contribution in [3.63, 3.8) is 0 Å². The highest BCUT2D eigenvalue weighted by Crippen LogP contribution is 2.66. The lowest BCUT2D eigenvalue weighted by Crippen LogP contribution is -2.60. The van der Waals surface area contributed by atoms with Gasteiger partial charge < -0.3 is 24.4 Å². The molecule has 218 valence electrons. The maximum absolute atomic E-state index is 14.6. The zero-order chi connectivity index (χ0) is 29.5. The summed E-state index contributed by atoms with van der Waals surface area (Å²) in [7, 11) is 0. The van der Waals surface area contributed by atoms with Crippen LogP contribution in [0.5, 0.6) is 0 Å². The van der Waals surface area contributed by atoms with Gasteiger partial charge in [0.2, 0.25) is 11.8 Å². The van der Waals surface area contributed by atoms with Gasteiger partial charge in [-0.25, -0.2) is 0 Å². The maximum atomic E-state index is 14.6. The summed E-state index contributed by atoms with van der Waals surface area (Å²) in [5.41, 5.74) is -2.07. The van der Waals surface area contributed by atoms with Crippen LogP contribution < -0.4 is 0 Å². The van der Waals surface area contributed by atoms with Crippen LogP contribution in [0.4, 0.5) is 0 Å². The molecule has 0 saturated carbocycles. The van der Waals surface area contributed by atoms with Crippen LogP contribution in [-0.2, 0) is 23.9 Å². The van der Waals surface area contributed by atoms with E-state index in [-0.39, 0.29) is 37.5 Å². The fraction of sp³-hybridized carbons (Fsp3) is 0.594. The summed E-state index contributed by atoms with van der Waals surface area (Å²) in [6.07, 6.45) is 5.21. The molecule has 2 amide bonds. The second kappa shape index (κ2) is 11.1. The number of hydrogen-bond acceptors (Lipinski definition) is 6. The number of carbonyl (C=O) groups is 3. The van der Waals surface area contributed by atoms with Gasteiger partial charge in [0, 0.05) is 12.1 Å². The van der Waals surface area contributed by atoms with E-state index in [1.807, 2.05) is 65.0 Å². The summed E-state index contributed by atoms with van der Waals surface area (Å²) in [6, 6.07) is 7.37. The number of esters is 1. The zero-order valence-electron chi connectivity index (χ0n) is 24.5. The first kappa shape index (κ1) is 30.0. The summed E-state index contributed by atoms with van der Waals surface area (Å²) in [4.78, 5) is 46.1. The number of ether oxygens (including phenoxy) is 2. The van der Waals surface area contributed by atoms with Crippen molar-refractivity contribution in [3.05, 3.63) is 61.2 Å². The Bertz CT molecular complexity index is 1150. The molecule has 40 heavy (non-hydrogen) atoms. The molecular formula is C32H44N2O6. The molecule has 3 aliphatic heterocycles. The van der Waals surface area contributed by atoms with Gasteiger partial charge in [-0.15, -0.1) is 13.2 Å². The molecule has 3 saturated heterocycles. The van der Waals surface area contributed by atoms with E-state index in [0.717, 1.165) is 0 Å². The van der Waals surface area contributed by atoms with Crippen LogP contribution in [0, 0.1) is 17.8 Å². The molecule has 1 aromatic carbocycles. The van der Waals surface area contributed by atoms with Gasteiger partial charge in [-0.3, -0.25) is 14.4 Å². The lowest BCUT2D eigenvalue weighted by molar-refractivity contribution is -0.164. The molecule has 7 atom stereocenters. The number of allylic oxidation sites excluding steroid dienone is 1. The predicted octanol–water partition coefficient (Wildman–Crippen LogP) is 4.05. The maximum Gasteiger partial charge on any atom is 0.312 e. The van der Waals surface area contributed by atoms with E-state index in [2.05, 4.69) is 13.2 Å². The van der Waals surface area contributed by atoms with Gasteiger partial charge in [-0.1, -0.05) is 49.4 Å². The van der Waals surface area contributed by atoms with Crippen molar-refractivity contribution >= 4 is 17.8 Å². The van der Waals surface area contributed by atoms with Crippen molar-refractivity contribution in [2.45, 2.75) is 82.7 Å². The Labute approximate surface area is 238 Å². The molecule has 3 fully saturated rings. The molecule has 0 aliphatic carbocycles. The second-order valence-corrected chi connectivity index (χ2v) is 12.6. The lowest BCUT2D eigenvalue weighted by Gasteiger charge is -2.43. The van der Waals surface area contributed by atoms with Crippen molar-refractivity contribution in [3.8, 4) is 0 Å². The SMILES string of the molecule is C=CCCCOC(=O)[C@H]1[C@H]2C(=O)N([C@H](CO)c3ccccc3)C(C(=O)N(CC=C)C(C)(C)C)C23CC(C)[C@]1(C)O3. The molecule has 3 unspecified atom stereocenters. The van der Waals surface area contributed by atoms with Crippen molar-refractivity contribution < 1.29 is 29.0 Å². The standard InChI is InChI=1S/C32H44N2O6/c1-8-10-14-18-39-29(38)25-24-27(36)34(23(20-35)22-15-12-11-13-16-22)26(28(37)33(17-9-2)30(4,5)6)32(24)19-21(3)31(25,7)40-32/h8-9,11-13,15-16,21,23-26,35H,1-2,10,14,17-20H2,3-7H3/t21?,23-,24+,25-,26?,31+,32?/m1/s1. The minimum atomic E-state index is -1.24. The summed E-state index contributed by atoms with van der Waals surface area (Å²) in [5, 5.41) is 10.7. The Kier molecular flexibility index (Phi) is 8.35. The van der Waals surface area contributed by atoms with Crippen molar-refractivity contribution in [1.29, 1.82) is 0 Å². The van der Waals surface area contributed by atoms with Crippen LogP contribution in [0.1, 0.15) is 65.5 Å². The first-order valence-electron chi connectivity index (χ1n) is 14.3. The predicted molar refractivity (Wildman–Crippen MR) is 152 cm³/mol. The van der Waals surface area contributed by atoms with E-state index < -0.39 is 46.6 Å². The number of rotatable bonds is 11. The second-order valence-electron chi connectivity index (χ2n) is 12.6. The number of benzene rings is 1. The number of amides is 2. The van der Waals surface area contributed by atoms with Crippen molar-refractivity contribution in [1.82, 2.24) is 9.80 Å². The topological polar surface area (TPSA) is 96.4 Å². The molecule has 0 aromatic heterocycles. The number of nitrogens with zero attached hydrogens (tertiary/aromatic N) is 2. The van der Waals surface area contributed by atoms with Gasteiger partial charge in [-0.2, -0.15) is 0 Å². The van der Waals surface area contributed by atoms with Crippen LogP contribution in [-0.4, -0.2) is 75.2 Å². The van der Waals surface area contributed by atoms with Crippen molar-refractivity contribution in [2.75, 3.05) is 19.8 Å². The molecule has 1 N–H and O–H groups in total. The van der Waals surface area contributed by atoms with Gasteiger partial charge in [-0.05, 0) is 58.4 Å². The molecule has 8 heteroatoms. The molecular weight excluding hydrogens is 508 g/mol. The fourth-order valence-electron chi connectivity index (χ4n) is 7.14. The van der Waals surface area contributed by atoms with Gasteiger partial charge in [0.05, 0.1) is 30.8 Å². The number of fused-ring (bicyclic) bond motifs is 1. The molecule has 3 heterocycles. The average molecular weight is 553 g/mol. The summed E-state index contributed by atoms with van der Waals surface area (Å²) >= 11 is 0. The Morgan fingerprint density at radius 3 is 2.50 bits per heavy atom. The number of likely N-dealkylation sites (tertiary alicyclic amines) is 1. The highest BCUT2D eigenvalue weighted by Gasteiger charge is 2.81. The Balaban J connectivity index is 1.85. The minimum Gasteiger partial charge on any atom is -0.465 e. The zero-order valence-corrected chi connectivity index (χ0v) is 24.5. The van der Waals surface area contributed by atoms with Crippen LogP contribution in [0.25, 0.3) is 0 Å². The van der Waals surface area contributed by atoms with E-state index in [9.17, 15) is 19.5 Å². The normalized spacial score (nSPS) is 31.6. The number of aliphatic hydroxyl groups excluding tert-OH is 1. The number of hydrogen-bond donors (Lipinski definition) is 1. The van der Waals surface area contributed by atoms with Gasteiger partial charge in [0.25, 0.3) is 0 Å². The summed E-state index contributed by atoms with van der Waals surface area (Å²) < 4.78 is 12.5. The third-order valence-electron chi connectivity index (χ3n) is 9.12. The highest BCUT2D eigenvalue weighted by molar-refractivity contribution is 5.99. The minimum absolute atomic E-state index is 0.107. The first-order valence-corrected chi connectivity index (χ1v) is 14.3. The lowest BCUT2D eigenvalue weighted by atomic mass is 9.62. The molecule has 0 radical (unpaired) electrons. The molecule has 4 rings (SSSR count). The van der Waals surface area contributed by atoms with Gasteiger partial charge >= 0.3 is 5.97 Å². The van der Waals surface area contributed by atoms with Gasteiger partial charge in [0.15, 0.2) is 0 Å².